The van der Waals surface area contributed by atoms with Gasteiger partial charge in [-0.05, 0) is 132 Å². The van der Waals surface area contributed by atoms with Crippen LogP contribution in [0, 0.1) is 0 Å². The Hall–Kier alpha value is -7.34. The number of carbonyl (C=O) groups is 2. The quantitative estimate of drug-likeness (QED) is 0.0764. The van der Waals surface area contributed by atoms with Crippen LogP contribution in [0.15, 0.2) is 116 Å². The summed E-state index contributed by atoms with van der Waals surface area (Å²) in [6, 6.07) is 26.1. The number of methoxy groups -OCH3 is 6. The number of hydrogen-bond acceptors (Lipinski definition) is 15. The maximum Gasteiger partial charge on any atom is 0.339 e. The lowest BCUT2D eigenvalue weighted by Gasteiger charge is -2.20. The maximum atomic E-state index is 13.1. The monoisotopic (exact) mass is 1000 g/mol. The summed E-state index contributed by atoms with van der Waals surface area (Å²) in [7, 11) is 9.48. The lowest BCUT2D eigenvalue weighted by molar-refractivity contribution is 0.0693. The van der Waals surface area contributed by atoms with Crippen LogP contribution in [0.2, 0.25) is 0 Å². The molecule has 71 heavy (non-hydrogen) atoms. The van der Waals surface area contributed by atoms with Crippen molar-refractivity contribution in [3.8, 4) is 68.2 Å². The van der Waals surface area contributed by atoms with E-state index in [2.05, 4.69) is 5.32 Å². The molecule has 2 atom stereocenters. The molecule has 6 aromatic rings. The first-order valence-corrected chi connectivity index (χ1v) is 24.6. The summed E-state index contributed by atoms with van der Waals surface area (Å²) in [6.45, 7) is 0. The number of thioether (sulfide) groups is 2. The highest BCUT2D eigenvalue weighted by atomic mass is 32.2. The van der Waals surface area contributed by atoms with Gasteiger partial charge in [-0.15, -0.1) is 23.5 Å². The van der Waals surface area contributed by atoms with Crippen LogP contribution >= 0.6 is 23.5 Å². The van der Waals surface area contributed by atoms with E-state index in [-0.39, 0.29) is 39.5 Å². The Bertz CT molecular complexity index is 3080. The van der Waals surface area contributed by atoms with Gasteiger partial charge in [0.25, 0.3) is 5.91 Å². The first kappa shape index (κ1) is 53.0. The molecular weight excluding hydrogens is 949 g/mol. The second-order valence-corrected chi connectivity index (χ2v) is 17.7. The molecule has 0 unspecified atom stereocenters. The van der Waals surface area contributed by atoms with Crippen LogP contribution in [0.1, 0.15) is 67.9 Å². The highest BCUT2D eigenvalue weighted by Crippen LogP contribution is 2.51. The topological polar surface area (TPSA) is 222 Å². The van der Waals surface area contributed by atoms with Crippen molar-refractivity contribution < 1.29 is 53.3 Å². The summed E-state index contributed by atoms with van der Waals surface area (Å²) in [5.41, 5.74) is 13.3. The fourth-order valence-electron chi connectivity index (χ4n) is 8.67. The number of fused-ring (bicyclic) bond motifs is 6. The van der Waals surface area contributed by atoms with Gasteiger partial charge in [-0.25, -0.2) is 4.79 Å². The SMILES string of the molecule is COc1cc2c(c(OC)c1OC)-c1ccc(SC)c(=O)cc1[C@@H](N)CC2.COc1cc2c(c(OC)c1OC)-c1ccc(SC)c(=O)cc1[C@@H](NC(=O)c1ccccc1O)CC2.O=C(O)c1ccccc1O. The van der Waals surface area contributed by atoms with Crippen molar-refractivity contribution in [2.75, 3.05) is 55.2 Å². The molecule has 2 aliphatic carbocycles. The highest BCUT2D eigenvalue weighted by Gasteiger charge is 2.31. The van der Waals surface area contributed by atoms with Crippen molar-refractivity contribution in [1.82, 2.24) is 5.32 Å². The molecule has 0 spiro atoms. The predicted molar refractivity (Wildman–Crippen MR) is 276 cm³/mol. The molecule has 0 heterocycles. The van der Waals surface area contributed by atoms with E-state index in [1.807, 2.05) is 42.8 Å². The van der Waals surface area contributed by atoms with Crippen LogP contribution in [0.5, 0.6) is 46.0 Å². The number of para-hydroxylation sites is 2. The zero-order chi connectivity index (χ0) is 51.5. The van der Waals surface area contributed by atoms with Crippen molar-refractivity contribution in [3.63, 3.8) is 0 Å². The van der Waals surface area contributed by atoms with Crippen molar-refractivity contribution in [3.05, 3.63) is 151 Å². The zero-order valence-corrected chi connectivity index (χ0v) is 42.2. The molecule has 372 valence electrons. The molecule has 0 aromatic heterocycles. The molecule has 0 fully saturated rings. The number of aromatic carboxylic acids is 1. The van der Waals surface area contributed by atoms with Crippen LogP contribution in [-0.4, -0.2) is 82.4 Å². The van der Waals surface area contributed by atoms with E-state index in [1.54, 1.807) is 91.2 Å². The number of carbonyl (C=O) groups excluding carboxylic acids is 1. The van der Waals surface area contributed by atoms with Crippen LogP contribution in [0.25, 0.3) is 22.3 Å². The Balaban J connectivity index is 0.000000200. The molecule has 1 amide bonds. The molecular formula is C54H56N2O13S2. The van der Waals surface area contributed by atoms with Gasteiger partial charge in [0.1, 0.15) is 17.1 Å². The number of nitrogens with one attached hydrogen (secondary N) is 1. The Kier molecular flexibility index (Phi) is 17.9. The number of carboxylic acids is 1. The summed E-state index contributed by atoms with van der Waals surface area (Å²) in [4.78, 5) is 50.2. The first-order valence-electron chi connectivity index (χ1n) is 22.1. The summed E-state index contributed by atoms with van der Waals surface area (Å²) in [5.74, 6) is 1.41. The third-order valence-corrected chi connectivity index (χ3v) is 13.6. The van der Waals surface area contributed by atoms with E-state index in [1.165, 1.54) is 41.7 Å². The largest absolute Gasteiger partial charge is 0.507 e. The number of aromatic hydroxyl groups is 2. The van der Waals surface area contributed by atoms with Crippen molar-refractivity contribution >= 4 is 35.4 Å². The van der Waals surface area contributed by atoms with Crippen LogP contribution in [-0.2, 0) is 12.8 Å². The molecule has 0 saturated heterocycles. The lowest BCUT2D eigenvalue weighted by Crippen LogP contribution is -2.29. The molecule has 6 aromatic carbocycles. The minimum Gasteiger partial charge on any atom is -0.507 e. The van der Waals surface area contributed by atoms with Crippen molar-refractivity contribution in [2.45, 2.75) is 47.6 Å². The molecule has 8 rings (SSSR count). The minimum absolute atomic E-state index is 0.0166. The fourth-order valence-corrected chi connectivity index (χ4v) is 9.60. The summed E-state index contributed by atoms with van der Waals surface area (Å²) in [5, 5.41) is 30.5. The van der Waals surface area contributed by atoms with E-state index < -0.39 is 17.9 Å². The number of amides is 1. The number of phenolic OH excluding ortho intramolecular Hbond substituents is 1. The number of ether oxygens (including phenoxy) is 6. The molecule has 0 bridgehead atoms. The minimum atomic E-state index is -1.11. The smallest absolute Gasteiger partial charge is 0.339 e. The molecule has 17 heteroatoms. The third kappa shape index (κ3) is 11.3. The molecule has 15 nitrogen and oxygen atoms in total. The average molecular weight is 1010 g/mol. The van der Waals surface area contributed by atoms with Gasteiger partial charge in [0, 0.05) is 17.2 Å². The second kappa shape index (κ2) is 24.0. The van der Waals surface area contributed by atoms with Gasteiger partial charge in [-0.3, -0.25) is 14.4 Å². The number of rotatable bonds is 11. The van der Waals surface area contributed by atoms with Gasteiger partial charge >= 0.3 is 5.97 Å². The number of hydrogen-bond donors (Lipinski definition) is 5. The molecule has 0 radical (unpaired) electrons. The average Bonchev–Trinajstić information content (AvgIpc) is 3.77. The van der Waals surface area contributed by atoms with E-state index in [0.29, 0.717) is 62.7 Å². The van der Waals surface area contributed by atoms with Gasteiger partial charge in [-0.1, -0.05) is 36.4 Å². The zero-order valence-electron chi connectivity index (χ0n) is 40.5. The standard InChI is InChI=1S/C27H27NO6S.C20H23NO4S.C7H6O3/c1-32-22-13-15-9-11-19(28-27(31)17-7-5-6-8-20(17)29)18-14-21(30)23(35-4)12-10-16(18)24(15)26(34-3)25(22)33-2;1-23-16-9-11-5-7-14(21)13-10-15(22)17(26-4)8-6-12(13)18(11)20(25-3)19(16)24-2;8-6-4-2-1-3-5(6)7(9)10/h5-8,10,12-14,19,29H,9,11H2,1-4H3,(H,28,31);6,8-10,14H,5,7,21H2,1-4H3;1-4,8H,(H,9,10)/t19-;14-;/m00./s1. The number of aryl methyl sites for hydroxylation is 2. The fraction of sp³-hybridized carbons (Fsp3) is 0.259. The summed E-state index contributed by atoms with van der Waals surface area (Å²) < 4.78 is 33.7. The van der Waals surface area contributed by atoms with E-state index >= 15 is 0 Å². The predicted octanol–water partition coefficient (Wildman–Crippen LogP) is 9.08. The molecule has 2 aliphatic rings. The van der Waals surface area contributed by atoms with E-state index in [9.17, 15) is 24.3 Å². The Labute approximate surface area is 419 Å². The third-order valence-electron chi connectivity index (χ3n) is 12.1. The molecule has 0 saturated carbocycles. The van der Waals surface area contributed by atoms with Crippen LogP contribution < -0.4 is 50.3 Å². The van der Waals surface area contributed by atoms with E-state index in [4.69, 9.17) is 44.4 Å². The number of carboxylic acid groups (broad SMARTS) is 1. The Morgan fingerprint density at radius 3 is 1.44 bits per heavy atom. The van der Waals surface area contributed by atoms with Gasteiger partial charge in [0.15, 0.2) is 33.9 Å². The first-order chi connectivity index (χ1) is 34.2. The van der Waals surface area contributed by atoms with Crippen LogP contribution in [0.4, 0.5) is 0 Å². The Morgan fingerprint density at radius 2 is 1.01 bits per heavy atom. The summed E-state index contributed by atoms with van der Waals surface area (Å²) >= 11 is 2.79. The highest BCUT2D eigenvalue weighted by molar-refractivity contribution is 7.98. The lowest BCUT2D eigenvalue weighted by atomic mass is 9.95. The van der Waals surface area contributed by atoms with Crippen LogP contribution in [0.3, 0.4) is 0 Å². The molecule has 0 aliphatic heterocycles. The Morgan fingerprint density at radius 1 is 0.577 bits per heavy atom. The second-order valence-electron chi connectivity index (χ2n) is 16.0. The van der Waals surface area contributed by atoms with Gasteiger partial charge < -0.3 is 54.8 Å². The summed E-state index contributed by atoms with van der Waals surface area (Å²) in [6.07, 6.45) is 6.34. The van der Waals surface area contributed by atoms with Crippen molar-refractivity contribution in [2.24, 2.45) is 5.73 Å². The van der Waals surface area contributed by atoms with E-state index in [0.717, 1.165) is 51.8 Å². The number of nitrogens with two attached hydrogens (primary N) is 1. The van der Waals surface area contributed by atoms with Gasteiger partial charge in [-0.2, -0.15) is 0 Å². The molecule has 6 N–H and O–H groups in total. The van der Waals surface area contributed by atoms with Gasteiger partial charge in [0.2, 0.25) is 11.5 Å². The van der Waals surface area contributed by atoms with Crippen molar-refractivity contribution in [1.29, 1.82) is 0 Å². The number of phenols is 2. The number of benzene rings is 4. The van der Waals surface area contributed by atoms with Gasteiger partial charge in [0.05, 0.1) is 64.1 Å². The normalized spacial score (nSPS) is 14.0. The maximum absolute atomic E-state index is 13.1.